The molecule has 1 N–H and O–H groups in total. The molecule has 0 aliphatic carbocycles. The minimum Gasteiger partial charge on any atom is -0.476 e. The Balaban J connectivity index is 1.61. The summed E-state index contributed by atoms with van der Waals surface area (Å²) in [7, 11) is 0. The number of alkyl halides is 3. The Morgan fingerprint density at radius 1 is 0.926 bits per heavy atom. The lowest BCUT2D eigenvalue weighted by molar-refractivity contribution is -0.137. The van der Waals surface area contributed by atoms with Gasteiger partial charge in [0.15, 0.2) is 5.69 Å². The number of amides is 1. The first kappa shape index (κ1) is 18.6. The van der Waals surface area contributed by atoms with Crippen molar-refractivity contribution in [3.8, 4) is 0 Å². The molecule has 0 saturated carbocycles. The van der Waals surface area contributed by atoms with Crippen LogP contribution in [0.15, 0.2) is 36.7 Å². The molecule has 0 radical (unpaired) electrons. The molecule has 1 aliphatic heterocycles. The van der Waals surface area contributed by atoms with Crippen LogP contribution in [-0.4, -0.2) is 58.0 Å². The Kier molecular flexibility index (Phi) is 4.98. The fourth-order valence-electron chi connectivity index (χ4n) is 2.74. The van der Waals surface area contributed by atoms with E-state index in [0.717, 1.165) is 24.5 Å². The van der Waals surface area contributed by atoms with Gasteiger partial charge in [-0.1, -0.05) is 0 Å². The molecule has 1 aliphatic rings. The number of halogens is 3. The molecule has 0 atom stereocenters. The number of rotatable bonds is 3. The quantitative estimate of drug-likeness (QED) is 0.878. The monoisotopic (exact) mass is 380 g/mol. The molecular formula is C17H15F3N4O3. The summed E-state index contributed by atoms with van der Waals surface area (Å²) in [5.41, 5.74) is -0.259. The predicted octanol–water partition coefficient (Wildman–Crippen LogP) is 2.16. The first-order valence-electron chi connectivity index (χ1n) is 8.02. The van der Waals surface area contributed by atoms with E-state index < -0.39 is 17.7 Å². The number of aromatic carboxylic acids is 1. The SMILES string of the molecule is O=C(O)c1cnc(C(=O)N2CCN(c3ccc(C(F)(F)F)cc3)CC2)cn1. The average Bonchev–Trinajstić information content (AvgIpc) is 2.67. The summed E-state index contributed by atoms with van der Waals surface area (Å²) in [6.07, 6.45) is -2.23. The van der Waals surface area contributed by atoms with Crippen molar-refractivity contribution in [3.05, 3.63) is 53.6 Å². The molecule has 1 saturated heterocycles. The molecule has 1 aromatic heterocycles. The van der Waals surface area contributed by atoms with Crippen LogP contribution in [0, 0.1) is 0 Å². The zero-order chi connectivity index (χ0) is 19.6. The maximum absolute atomic E-state index is 12.6. The minimum atomic E-state index is -4.37. The zero-order valence-electron chi connectivity index (χ0n) is 14.0. The molecule has 27 heavy (non-hydrogen) atoms. The van der Waals surface area contributed by atoms with E-state index in [1.165, 1.54) is 12.1 Å². The number of aromatic nitrogens is 2. The third kappa shape index (κ3) is 4.15. The van der Waals surface area contributed by atoms with Crippen LogP contribution in [0.1, 0.15) is 26.5 Å². The van der Waals surface area contributed by atoms with E-state index in [-0.39, 0.29) is 17.3 Å². The Morgan fingerprint density at radius 2 is 1.48 bits per heavy atom. The maximum atomic E-state index is 12.6. The minimum absolute atomic E-state index is 0.0444. The van der Waals surface area contributed by atoms with Gasteiger partial charge in [-0.2, -0.15) is 13.2 Å². The van der Waals surface area contributed by atoms with Crippen LogP contribution in [0.4, 0.5) is 18.9 Å². The van der Waals surface area contributed by atoms with Crippen LogP contribution in [0.3, 0.4) is 0 Å². The van der Waals surface area contributed by atoms with Gasteiger partial charge in [0.25, 0.3) is 5.91 Å². The van der Waals surface area contributed by atoms with Gasteiger partial charge in [0.2, 0.25) is 0 Å². The van der Waals surface area contributed by atoms with Gasteiger partial charge in [-0.05, 0) is 24.3 Å². The molecule has 0 unspecified atom stereocenters. The van der Waals surface area contributed by atoms with Gasteiger partial charge >= 0.3 is 12.1 Å². The van der Waals surface area contributed by atoms with Gasteiger partial charge in [0, 0.05) is 31.9 Å². The molecule has 0 bridgehead atoms. The Hall–Kier alpha value is -3.17. The number of carboxylic acid groups (broad SMARTS) is 1. The van der Waals surface area contributed by atoms with Crippen molar-refractivity contribution in [2.45, 2.75) is 6.18 Å². The van der Waals surface area contributed by atoms with Gasteiger partial charge in [-0.15, -0.1) is 0 Å². The third-order valence-corrected chi connectivity index (χ3v) is 4.22. The topological polar surface area (TPSA) is 86.6 Å². The van der Waals surface area contributed by atoms with Crippen LogP contribution < -0.4 is 4.90 Å². The third-order valence-electron chi connectivity index (χ3n) is 4.22. The Morgan fingerprint density at radius 3 is 1.96 bits per heavy atom. The second-order valence-electron chi connectivity index (χ2n) is 5.92. The number of nitrogens with zero attached hydrogens (tertiary/aromatic N) is 4. The first-order valence-corrected chi connectivity index (χ1v) is 8.02. The van der Waals surface area contributed by atoms with Crippen molar-refractivity contribution in [2.24, 2.45) is 0 Å². The van der Waals surface area contributed by atoms with E-state index in [0.29, 0.717) is 31.9 Å². The van der Waals surface area contributed by atoms with Crippen molar-refractivity contribution < 1.29 is 27.9 Å². The smallest absolute Gasteiger partial charge is 0.416 e. The van der Waals surface area contributed by atoms with Gasteiger partial charge in [-0.25, -0.2) is 14.8 Å². The lowest BCUT2D eigenvalue weighted by atomic mass is 10.1. The largest absolute Gasteiger partial charge is 0.476 e. The highest BCUT2D eigenvalue weighted by molar-refractivity contribution is 5.93. The van der Waals surface area contributed by atoms with E-state index in [9.17, 15) is 22.8 Å². The predicted molar refractivity (Wildman–Crippen MR) is 88.6 cm³/mol. The summed E-state index contributed by atoms with van der Waals surface area (Å²) >= 11 is 0. The fourth-order valence-corrected chi connectivity index (χ4v) is 2.74. The molecule has 1 fully saturated rings. The van der Waals surface area contributed by atoms with E-state index in [1.807, 2.05) is 4.90 Å². The molecular weight excluding hydrogens is 365 g/mol. The molecule has 0 spiro atoms. The van der Waals surface area contributed by atoms with Crippen LogP contribution >= 0.6 is 0 Å². The fraction of sp³-hybridized carbons (Fsp3) is 0.294. The molecule has 10 heteroatoms. The van der Waals surface area contributed by atoms with E-state index in [2.05, 4.69) is 9.97 Å². The number of hydrogen-bond donors (Lipinski definition) is 1. The van der Waals surface area contributed by atoms with Crippen molar-refractivity contribution in [1.82, 2.24) is 14.9 Å². The highest BCUT2D eigenvalue weighted by Crippen LogP contribution is 2.30. The summed E-state index contributed by atoms with van der Waals surface area (Å²) in [6.45, 7) is 1.64. The van der Waals surface area contributed by atoms with E-state index in [4.69, 9.17) is 5.11 Å². The van der Waals surface area contributed by atoms with E-state index in [1.54, 1.807) is 4.90 Å². The number of piperazine rings is 1. The Bertz CT molecular complexity index is 830. The highest BCUT2D eigenvalue weighted by Gasteiger charge is 2.30. The van der Waals surface area contributed by atoms with Crippen molar-refractivity contribution in [2.75, 3.05) is 31.1 Å². The summed E-state index contributed by atoms with van der Waals surface area (Å²) in [6, 6.07) is 4.89. The van der Waals surface area contributed by atoms with Gasteiger partial charge in [-0.3, -0.25) is 4.79 Å². The lowest BCUT2D eigenvalue weighted by Gasteiger charge is -2.36. The maximum Gasteiger partial charge on any atom is 0.416 e. The van der Waals surface area contributed by atoms with Crippen molar-refractivity contribution in [1.29, 1.82) is 0 Å². The lowest BCUT2D eigenvalue weighted by Crippen LogP contribution is -2.49. The van der Waals surface area contributed by atoms with Gasteiger partial charge < -0.3 is 14.9 Å². The molecule has 2 aromatic rings. The number of hydrogen-bond acceptors (Lipinski definition) is 5. The molecule has 142 valence electrons. The summed E-state index contributed by atoms with van der Waals surface area (Å²) in [5, 5.41) is 8.80. The Labute approximate surface area is 152 Å². The van der Waals surface area contributed by atoms with Crippen LogP contribution in [0.2, 0.25) is 0 Å². The molecule has 3 rings (SSSR count). The van der Waals surface area contributed by atoms with Gasteiger partial charge in [0.05, 0.1) is 18.0 Å². The summed E-state index contributed by atoms with van der Waals surface area (Å²) in [5.74, 6) is -1.60. The van der Waals surface area contributed by atoms with E-state index >= 15 is 0 Å². The first-order chi connectivity index (χ1) is 12.8. The average molecular weight is 380 g/mol. The molecule has 1 amide bonds. The molecule has 7 nitrogen and oxygen atoms in total. The summed E-state index contributed by atoms with van der Waals surface area (Å²) < 4.78 is 37.9. The van der Waals surface area contributed by atoms with Crippen molar-refractivity contribution in [3.63, 3.8) is 0 Å². The van der Waals surface area contributed by atoms with Crippen molar-refractivity contribution >= 4 is 17.6 Å². The summed E-state index contributed by atoms with van der Waals surface area (Å²) in [4.78, 5) is 34.1. The second kappa shape index (κ2) is 7.22. The molecule has 1 aromatic carbocycles. The number of carboxylic acids is 1. The second-order valence-corrected chi connectivity index (χ2v) is 5.92. The van der Waals surface area contributed by atoms with Crippen LogP contribution in [0.5, 0.6) is 0 Å². The highest BCUT2D eigenvalue weighted by atomic mass is 19.4. The van der Waals surface area contributed by atoms with Crippen LogP contribution in [0.25, 0.3) is 0 Å². The zero-order valence-corrected chi connectivity index (χ0v) is 14.0. The number of carbonyl (C=O) groups excluding carboxylic acids is 1. The number of anilines is 1. The molecule has 2 heterocycles. The van der Waals surface area contributed by atoms with Crippen LogP contribution in [-0.2, 0) is 6.18 Å². The number of carbonyl (C=O) groups is 2. The standard InChI is InChI=1S/C17H15F3N4O3/c18-17(19,20)11-1-3-12(4-2-11)23-5-7-24(8-6-23)15(25)13-9-22-14(10-21-13)16(26)27/h1-4,9-10H,5-8H2,(H,26,27). The van der Waals surface area contributed by atoms with Gasteiger partial charge in [0.1, 0.15) is 5.69 Å². The number of benzene rings is 1. The normalized spacial score (nSPS) is 14.9.